The smallest absolute Gasteiger partial charge is 0.0410 e. The van der Waals surface area contributed by atoms with E-state index in [1.54, 1.807) is 0 Å². The van der Waals surface area contributed by atoms with Gasteiger partial charge >= 0.3 is 0 Å². The van der Waals surface area contributed by atoms with Crippen LogP contribution in [0.2, 0.25) is 5.02 Å². The molecule has 88 valence electrons. The lowest BCUT2D eigenvalue weighted by Crippen LogP contribution is -2.21. The third kappa shape index (κ3) is 2.89. The molecule has 0 heterocycles. The van der Waals surface area contributed by atoms with Crippen molar-refractivity contribution in [2.45, 2.75) is 19.3 Å². The Morgan fingerprint density at radius 3 is 2.81 bits per heavy atom. The Morgan fingerprint density at radius 2 is 2.19 bits per heavy atom. The molecule has 3 heteroatoms. The maximum Gasteiger partial charge on any atom is 0.0410 e. The van der Waals surface area contributed by atoms with Crippen molar-refractivity contribution < 1.29 is 0 Å². The van der Waals surface area contributed by atoms with Gasteiger partial charge in [0.25, 0.3) is 0 Å². The normalized spacial score (nSPS) is 15.2. The average Bonchev–Trinajstić information content (AvgIpc) is 3.02. The van der Waals surface area contributed by atoms with Gasteiger partial charge in [-0.1, -0.05) is 11.6 Å². The van der Waals surface area contributed by atoms with Crippen molar-refractivity contribution in [3.63, 3.8) is 0 Å². The highest BCUT2D eigenvalue weighted by molar-refractivity contribution is 6.30. The molecule has 2 nitrogen and oxygen atoms in total. The number of rotatable bonds is 5. The van der Waals surface area contributed by atoms with Crippen molar-refractivity contribution in [1.82, 2.24) is 0 Å². The molecule has 16 heavy (non-hydrogen) atoms. The standard InChI is InChI=1S/C13H19ClN2/c1-16(9-10-2-3-10)13-5-4-12(14)8-11(13)6-7-15/h4-5,8,10H,2-3,6-7,9,15H2,1H3. The number of anilines is 1. The van der Waals surface area contributed by atoms with Crippen LogP contribution < -0.4 is 10.6 Å². The number of hydrogen-bond acceptors (Lipinski definition) is 2. The van der Waals surface area contributed by atoms with Crippen LogP contribution in [0.1, 0.15) is 18.4 Å². The Kier molecular flexibility index (Phi) is 3.72. The van der Waals surface area contributed by atoms with E-state index in [2.05, 4.69) is 18.0 Å². The molecule has 1 aliphatic carbocycles. The third-order valence-electron chi connectivity index (χ3n) is 3.10. The van der Waals surface area contributed by atoms with Crippen LogP contribution in [-0.4, -0.2) is 20.1 Å². The Morgan fingerprint density at radius 1 is 1.44 bits per heavy atom. The highest BCUT2D eigenvalue weighted by Gasteiger charge is 2.23. The molecule has 2 rings (SSSR count). The fourth-order valence-corrected chi connectivity index (χ4v) is 2.26. The lowest BCUT2D eigenvalue weighted by molar-refractivity contribution is 0.781. The van der Waals surface area contributed by atoms with Crippen molar-refractivity contribution in [2.75, 3.05) is 25.0 Å². The van der Waals surface area contributed by atoms with Gasteiger partial charge in [-0.25, -0.2) is 0 Å². The second kappa shape index (κ2) is 5.07. The van der Waals surface area contributed by atoms with E-state index in [1.165, 1.54) is 24.1 Å². The molecule has 0 aromatic heterocycles. The Hall–Kier alpha value is -0.730. The maximum absolute atomic E-state index is 6.02. The van der Waals surface area contributed by atoms with Crippen LogP contribution in [0.25, 0.3) is 0 Å². The van der Waals surface area contributed by atoms with Gasteiger partial charge in [-0.15, -0.1) is 0 Å². The zero-order chi connectivity index (χ0) is 11.5. The van der Waals surface area contributed by atoms with Crippen LogP contribution in [0.5, 0.6) is 0 Å². The minimum atomic E-state index is 0.671. The van der Waals surface area contributed by atoms with Crippen LogP contribution in [0.3, 0.4) is 0 Å². The lowest BCUT2D eigenvalue weighted by Gasteiger charge is -2.22. The second-order valence-electron chi connectivity index (χ2n) is 4.64. The van der Waals surface area contributed by atoms with Crippen LogP contribution in [0.15, 0.2) is 18.2 Å². The highest BCUT2D eigenvalue weighted by atomic mass is 35.5. The van der Waals surface area contributed by atoms with Crippen molar-refractivity contribution in [3.8, 4) is 0 Å². The van der Waals surface area contributed by atoms with Gasteiger partial charge in [0, 0.05) is 24.3 Å². The van der Waals surface area contributed by atoms with Gasteiger partial charge in [0.1, 0.15) is 0 Å². The molecule has 0 atom stereocenters. The topological polar surface area (TPSA) is 29.3 Å². The second-order valence-corrected chi connectivity index (χ2v) is 5.07. The Labute approximate surface area is 102 Å². The summed E-state index contributed by atoms with van der Waals surface area (Å²) in [6.45, 7) is 1.82. The summed E-state index contributed by atoms with van der Waals surface area (Å²) in [6, 6.07) is 6.10. The number of nitrogens with two attached hydrogens (primary N) is 1. The number of nitrogens with zero attached hydrogens (tertiary/aromatic N) is 1. The summed E-state index contributed by atoms with van der Waals surface area (Å²) in [4.78, 5) is 2.33. The summed E-state index contributed by atoms with van der Waals surface area (Å²) in [5.74, 6) is 0.895. The van der Waals surface area contributed by atoms with E-state index in [-0.39, 0.29) is 0 Å². The van der Waals surface area contributed by atoms with Crippen molar-refractivity contribution in [1.29, 1.82) is 0 Å². The van der Waals surface area contributed by atoms with E-state index < -0.39 is 0 Å². The molecule has 0 radical (unpaired) electrons. The first-order chi connectivity index (χ1) is 7.70. The van der Waals surface area contributed by atoms with Gasteiger partial charge < -0.3 is 10.6 Å². The van der Waals surface area contributed by atoms with Crippen LogP contribution in [0.4, 0.5) is 5.69 Å². The SMILES string of the molecule is CN(CC1CC1)c1ccc(Cl)cc1CCN. The summed E-state index contributed by atoms with van der Waals surface area (Å²) >= 11 is 6.02. The molecule has 0 saturated heterocycles. The molecule has 2 N–H and O–H groups in total. The van der Waals surface area contributed by atoms with E-state index in [4.69, 9.17) is 17.3 Å². The van der Waals surface area contributed by atoms with Crippen molar-refractivity contribution in [3.05, 3.63) is 28.8 Å². The summed E-state index contributed by atoms with van der Waals surface area (Å²) in [6.07, 6.45) is 3.65. The molecule has 1 saturated carbocycles. The zero-order valence-corrected chi connectivity index (χ0v) is 10.5. The molecule has 0 bridgehead atoms. The predicted octanol–water partition coefficient (Wildman–Crippen LogP) is 2.69. The summed E-state index contributed by atoms with van der Waals surface area (Å²) in [7, 11) is 2.15. The predicted molar refractivity (Wildman–Crippen MR) is 70.2 cm³/mol. The molecule has 1 aliphatic rings. The van der Waals surface area contributed by atoms with Gasteiger partial charge in [0.15, 0.2) is 0 Å². The number of halogens is 1. The quantitative estimate of drug-likeness (QED) is 0.855. The van der Waals surface area contributed by atoms with Gasteiger partial charge in [-0.05, 0) is 55.5 Å². The third-order valence-corrected chi connectivity index (χ3v) is 3.33. The fraction of sp³-hybridized carbons (Fsp3) is 0.538. The average molecular weight is 239 g/mol. The molecule has 1 aromatic rings. The largest absolute Gasteiger partial charge is 0.374 e. The van der Waals surface area contributed by atoms with Gasteiger partial charge in [0.05, 0.1) is 0 Å². The molecule has 1 aromatic carbocycles. The molecule has 1 fully saturated rings. The zero-order valence-electron chi connectivity index (χ0n) is 9.75. The number of hydrogen-bond donors (Lipinski definition) is 1. The molecule has 0 amide bonds. The van der Waals surface area contributed by atoms with Crippen LogP contribution >= 0.6 is 11.6 Å². The van der Waals surface area contributed by atoms with Gasteiger partial charge in [-0.3, -0.25) is 0 Å². The molecule has 0 spiro atoms. The summed E-state index contributed by atoms with van der Waals surface area (Å²) in [5.41, 5.74) is 8.17. The van der Waals surface area contributed by atoms with E-state index in [1.807, 2.05) is 12.1 Å². The number of benzene rings is 1. The highest BCUT2D eigenvalue weighted by Crippen LogP contribution is 2.32. The molecule has 0 unspecified atom stereocenters. The van der Waals surface area contributed by atoms with E-state index >= 15 is 0 Å². The summed E-state index contributed by atoms with van der Waals surface area (Å²) in [5, 5.41) is 0.798. The van der Waals surface area contributed by atoms with Gasteiger partial charge in [0.2, 0.25) is 0 Å². The van der Waals surface area contributed by atoms with Crippen molar-refractivity contribution in [2.24, 2.45) is 11.7 Å². The molecular weight excluding hydrogens is 220 g/mol. The monoisotopic (exact) mass is 238 g/mol. The first kappa shape index (κ1) is 11.7. The van der Waals surface area contributed by atoms with E-state index in [0.717, 1.165) is 23.9 Å². The van der Waals surface area contributed by atoms with Crippen molar-refractivity contribution >= 4 is 17.3 Å². The first-order valence-electron chi connectivity index (χ1n) is 5.90. The van der Waals surface area contributed by atoms with E-state index in [9.17, 15) is 0 Å². The maximum atomic E-state index is 6.02. The van der Waals surface area contributed by atoms with Crippen LogP contribution in [0, 0.1) is 5.92 Å². The Balaban J connectivity index is 2.15. The fourth-order valence-electron chi connectivity index (χ4n) is 2.07. The minimum Gasteiger partial charge on any atom is -0.374 e. The molecule has 0 aliphatic heterocycles. The van der Waals surface area contributed by atoms with E-state index in [0.29, 0.717) is 6.54 Å². The van der Waals surface area contributed by atoms with Crippen LogP contribution in [-0.2, 0) is 6.42 Å². The summed E-state index contributed by atoms with van der Waals surface area (Å²) < 4.78 is 0. The Bertz CT molecular complexity index is 361. The molecular formula is C13H19ClN2. The lowest BCUT2D eigenvalue weighted by atomic mass is 10.1. The van der Waals surface area contributed by atoms with Gasteiger partial charge in [-0.2, -0.15) is 0 Å². The first-order valence-corrected chi connectivity index (χ1v) is 6.28. The minimum absolute atomic E-state index is 0.671.